The molecule has 0 spiro atoms. The Morgan fingerprint density at radius 1 is 0.759 bits per heavy atom. The molecule has 0 bridgehead atoms. The number of para-hydroxylation sites is 2. The van der Waals surface area contributed by atoms with Gasteiger partial charge in [0.15, 0.2) is 0 Å². The summed E-state index contributed by atoms with van der Waals surface area (Å²) < 4.78 is 0. The first-order valence-corrected chi connectivity index (χ1v) is 10.2. The quantitative estimate of drug-likeness (QED) is 0.528. The van der Waals surface area contributed by atoms with Crippen molar-refractivity contribution in [3.05, 3.63) is 82.9 Å². The Bertz CT molecular complexity index is 1170. The molecule has 0 fully saturated rings. The van der Waals surface area contributed by atoms with Crippen molar-refractivity contribution in [2.45, 2.75) is 45.4 Å². The predicted molar refractivity (Wildman–Crippen MR) is 120 cm³/mol. The Kier molecular flexibility index (Phi) is 3.55. The minimum absolute atomic E-state index is 0.0497. The summed E-state index contributed by atoms with van der Waals surface area (Å²) >= 11 is 0. The molecule has 146 valence electrons. The van der Waals surface area contributed by atoms with E-state index in [2.05, 4.69) is 92.5 Å². The smallest absolute Gasteiger partial charge is 0.221 e. The van der Waals surface area contributed by atoms with Crippen LogP contribution in [0.3, 0.4) is 0 Å². The van der Waals surface area contributed by atoms with Gasteiger partial charge in [0.2, 0.25) is 5.91 Å². The molecule has 1 amide bonds. The summed E-state index contributed by atoms with van der Waals surface area (Å²) in [6, 6.07) is 21.7. The minimum atomic E-state index is -0.173. The molecule has 1 N–H and O–H groups in total. The molecular weight excluding hydrogens is 356 g/mol. The summed E-state index contributed by atoms with van der Waals surface area (Å²) in [5, 5.41) is 2.95. The van der Waals surface area contributed by atoms with Crippen molar-refractivity contribution in [3.63, 3.8) is 0 Å². The number of carbonyl (C=O) groups is 1. The molecule has 3 aromatic rings. The van der Waals surface area contributed by atoms with Gasteiger partial charge in [0.1, 0.15) is 0 Å². The van der Waals surface area contributed by atoms with Crippen molar-refractivity contribution < 1.29 is 4.79 Å². The maximum atomic E-state index is 11.6. The molecule has 2 aliphatic heterocycles. The van der Waals surface area contributed by atoms with Crippen LogP contribution in [0.5, 0.6) is 0 Å². The van der Waals surface area contributed by atoms with Crippen LogP contribution in [0.1, 0.15) is 56.9 Å². The third-order valence-electron chi connectivity index (χ3n) is 6.66. The van der Waals surface area contributed by atoms with E-state index < -0.39 is 0 Å². The number of fused-ring (bicyclic) bond motifs is 4. The van der Waals surface area contributed by atoms with Crippen LogP contribution >= 0.6 is 0 Å². The van der Waals surface area contributed by atoms with E-state index in [0.29, 0.717) is 0 Å². The molecule has 0 aliphatic carbocycles. The molecule has 0 radical (unpaired) electrons. The number of rotatable bonds is 1. The molecule has 5 rings (SSSR count). The van der Waals surface area contributed by atoms with Crippen LogP contribution in [0.2, 0.25) is 0 Å². The van der Waals surface area contributed by atoms with Gasteiger partial charge < -0.3 is 10.2 Å². The van der Waals surface area contributed by atoms with Gasteiger partial charge in [0, 0.05) is 23.4 Å². The van der Waals surface area contributed by atoms with Crippen molar-refractivity contribution in [1.29, 1.82) is 0 Å². The van der Waals surface area contributed by atoms with E-state index in [4.69, 9.17) is 0 Å². The average molecular weight is 383 g/mol. The fourth-order valence-electron chi connectivity index (χ4n) is 5.16. The van der Waals surface area contributed by atoms with Gasteiger partial charge in [0.05, 0.1) is 17.1 Å². The zero-order chi connectivity index (χ0) is 20.6. The van der Waals surface area contributed by atoms with E-state index in [1.165, 1.54) is 39.3 Å². The first-order valence-electron chi connectivity index (χ1n) is 10.2. The Balaban J connectivity index is 1.86. The normalized spacial score (nSPS) is 17.1. The summed E-state index contributed by atoms with van der Waals surface area (Å²) in [6.45, 7) is 10.8. The lowest BCUT2D eigenvalue weighted by atomic mass is 9.66. The van der Waals surface area contributed by atoms with Crippen LogP contribution < -0.4 is 10.2 Å². The third kappa shape index (κ3) is 2.33. The van der Waals surface area contributed by atoms with Gasteiger partial charge in [-0.05, 0) is 46.5 Å². The topological polar surface area (TPSA) is 32.3 Å². The highest BCUT2D eigenvalue weighted by Gasteiger charge is 2.45. The van der Waals surface area contributed by atoms with Gasteiger partial charge >= 0.3 is 0 Å². The second kappa shape index (κ2) is 5.73. The molecule has 3 aromatic carbocycles. The fraction of sp³-hybridized carbons (Fsp3) is 0.269. The number of nitrogens with one attached hydrogen (secondary N) is 1. The first-order chi connectivity index (χ1) is 13.7. The van der Waals surface area contributed by atoms with Crippen molar-refractivity contribution in [1.82, 2.24) is 0 Å². The molecule has 29 heavy (non-hydrogen) atoms. The zero-order valence-electron chi connectivity index (χ0n) is 17.6. The van der Waals surface area contributed by atoms with Crippen LogP contribution in [-0.4, -0.2) is 5.91 Å². The SMILES string of the molecule is CC(=O)Nc1ccc2c(c1)C(C)(C)c1cccc3c1N2c1ccccc1C3(C)C. The van der Waals surface area contributed by atoms with Gasteiger partial charge in [-0.15, -0.1) is 0 Å². The molecule has 0 aromatic heterocycles. The van der Waals surface area contributed by atoms with E-state index in [-0.39, 0.29) is 16.7 Å². The molecule has 3 nitrogen and oxygen atoms in total. The van der Waals surface area contributed by atoms with Crippen LogP contribution in [0, 0.1) is 0 Å². The van der Waals surface area contributed by atoms with Crippen molar-refractivity contribution in [2.75, 3.05) is 10.2 Å². The number of amides is 1. The lowest BCUT2D eigenvalue weighted by molar-refractivity contribution is -0.114. The van der Waals surface area contributed by atoms with Crippen LogP contribution in [-0.2, 0) is 15.6 Å². The molecule has 0 saturated heterocycles. The third-order valence-corrected chi connectivity index (χ3v) is 6.66. The highest BCUT2D eigenvalue weighted by molar-refractivity contribution is 5.94. The number of carbonyl (C=O) groups excluding carboxylic acids is 1. The monoisotopic (exact) mass is 382 g/mol. The van der Waals surface area contributed by atoms with Gasteiger partial charge in [-0.3, -0.25) is 4.79 Å². The fourth-order valence-corrected chi connectivity index (χ4v) is 5.16. The molecule has 2 heterocycles. The number of hydrogen-bond acceptors (Lipinski definition) is 2. The van der Waals surface area contributed by atoms with E-state index in [0.717, 1.165) is 5.69 Å². The number of benzene rings is 3. The maximum absolute atomic E-state index is 11.6. The largest absolute Gasteiger partial charge is 0.326 e. The van der Waals surface area contributed by atoms with E-state index >= 15 is 0 Å². The van der Waals surface area contributed by atoms with Crippen LogP contribution in [0.15, 0.2) is 60.7 Å². The van der Waals surface area contributed by atoms with Gasteiger partial charge in [-0.2, -0.15) is 0 Å². The summed E-state index contributed by atoms with van der Waals surface area (Å²) in [6.07, 6.45) is 0. The second-order valence-corrected chi connectivity index (χ2v) is 9.22. The average Bonchev–Trinajstić information content (AvgIpc) is 2.67. The van der Waals surface area contributed by atoms with E-state index in [1.807, 2.05) is 6.07 Å². The van der Waals surface area contributed by atoms with Gasteiger partial charge in [-0.1, -0.05) is 64.1 Å². The highest BCUT2D eigenvalue weighted by Crippen LogP contribution is 2.59. The van der Waals surface area contributed by atoms with Crippen molar-refractivity contribution >= 4 is 28.7 Å². The van der Waals surface area contributed by atoms with Gasteiger partial charge in [0.25, 0.3) is 0 Å². The summed E-state index contributed by atoms with van der Waals surface area (Å²) in [4.78, 5) is 14.0. The highest BCUT2D eigenvalue weighted by atomic mass is 16.1. The molecule has 0 atom stereocenters. The van der Waals surface area contributed by atoms with Crippen LogP contribution in [0.25, 0.3) is 0 Å². The molecule has 0 saturated carbocycles. The molecule has 2 aliphatic rings. The maximum Gasteiger partial charge on any atom is 0.221 e. The first kappa shape index (κ1) is 18.0. The molecule has 3 heteroatoms. The Morgan fingerprint density at radius 3 is 2.03 bits per heavy atom. The number of hydrogen-bond donors (Lipinski definition) is 1. The summed E-state index contributed by atoms with van der Waals surface area (Å²) in [7, 11) is 0. The molecular formula is C26H26N2O. The van der Waals surface area contributed by atoms with E-state index in [1.54, 1.807) is 6.92 Å². The Labute approximate surface area is 172 Å². The lowest BCUT2D eigenvalue weighted by Crippen LogP contribution is -2.38. The molecule has 0 unspecified atom stereocenters. The predicted octanol–water partition coefficient (Wildman–Crippen LogP) is 6.39. The van der Waals surface area contributed by atoms with Crippen molar-refractivity contribution in [3.8, 4) is 0 Å². The van der Waals surface area contributed by atoms with Crippen molar-refractivity contribution in [2.24, 2.45) is 0 Å². The number of nitrogens with zero attached hydrogens (tertiary/aromatic N) is 1. The number of anilines is 4. The minimum Gasteiger partial charge on any atom is -0.326 e. The van der Waals surface area contributed by atoms with E-state index in [9.17, 15) is 4.79 Å². The Morgan fingerprint density at radius 2 is 1.34 bits per heavy atom. The summed E-state index contributed by atoms with van der Waals surface area (Å²) in [5.74, 6) is -0.0497. The van der Waals surface area contributed by atoms with Gasteiger partial charge in [-0.25, -0.2) is 0 Å². The Hall–Kier alpha value is -3.07. The van der Waals surface area contributed by atoms with Crippen LogP contribution in [0.4, 0.5) is 22.7 Å². The zero-order valence-corrected chi connectivity index (χ0v) is 17.6. The lowest BCUT2D eigenvalue weighted by Gasteiger charge is -2.49. The summed E-state index contributed by atoms with van der Waals surface area (Å²) in [5.41, 5.74) is 9.58. The second-order valence-electron chi connectivity index (χ2n) is 9.22. The standard InChI is InChI=1S/C26H26N2O/c1-16(29)27-17-13-14-23-21(15-17)26(4,5)20-11-8-10-19-24(20)28(23)22-12-7-6-9-18(22)25(19,2)3/h6-15H,1-5H3,(H,27,29).